The van der Waals surface area contributed by atoms with Crippen LogP contribution >= 0.6 is 46.0 Å². The molecule has 6 heteroatoms. The third kappa shape index (κ3) is 18.9. The van der Waals surface area contributed by atoms with Crippen molar-refractivity contribution in [3.05, 3.63) is 0 Å². The quantitative estimate of drug-likeness (QED) is 0.0888. The number of thiocarbonyl (C=S) groups is 2. The average molecular weight is 521 g/mol. The number of rotatable bonds is 20. The predicted molar refractivity (Wildman–Crippen MR) is 160 cm³/mol. The third-order valence-corrected chi connectivity index (χ3v) is 9.56. The van der Waals surface area contributed by atoms with Crippen LogP contribution in [0.4, 0.5) is 0 Å². The first-order valence-electron chi connectivity index (χ1n) is 13.5. The zero-order valence-electron chi connectivity index (χ0n) is 21.7. The van der Waals surface area contributed by atoms with Crippen molar-refractivity contribution < 1.29 is 0 Å². The van der Waals surface area contributed by atoms with E-state index in [4.69, 9.17) is 24.4 Å². The maximum absolute atomic E-state index is 5.87. The summed E-state index contributed by atoms with van der Waals surface area (Å²) >= 11 is 11.7. The van der Waals surface area contributed by atoms with Gasteiger partial charge in [-0.1, -0.05) is 129 Å². The Morgan fingerprint density at radius 1 is 0.438 bits per heavy atom. The largest absolute Gasteiger partial charge is 0.357 e. The molecule has 190 valence electrons. The molecule has 0 atom stereocenters. The van der Waals surface area contributed by atoms with E-state index in [9.17, 15) is 0 Å². The summed E-state index contributed by atoms with van der Waals surface area (Å²) in [7, 11) is 3.45. The van der Waals surface area contributed by atoms with E-state index in [0.29, 0.717) is 0 Å². The van der Waals surface area contributed by atoms with Crippen LogP contribution < -0.4 is 0 Å². The van der Waals surface area contributed by atoms with Gasteiger partial charge < -0.3 is 9.80 Å². The average Bonchev–Trinajstić information content (AvgIpc) is 2.80. The van der Waals surface area contributed by atoms with Crippen LogP contribution in [0.5, 0.6) is 0 Å². The molecule has 0 heterocycles. The second kappa shape index (κ2) is 24.6. The Hall–Kier alpha value is 0.480. The minimum Gasteiger partial charge on any atom is -0.357 e. The van der Waals surface area contributed by atoms with Gasteiger partial charge in [0.2, 0.25) is 0 Å². The molecule has 2 nitrogen and oxygen atoms in total. The van der Waals surface area contributed by atoms with Gasteiger partial charge in [-0.25, -0.2) is 0 Å². The highest BCUT2D eigenvalue weighted by Crippen LogP contribution is 2.29. The lowest BCUT2D eigenvalue weighted by Gasteiger charge is -2.27. The Bertz CT molecular complexity index is 382. The van der Waals surface area contributed by atoms with E-state index in [1.807, 2.05) is 0 Å². The fourth-order valence-electron chi connectivity index (χ4n) is 3.68. The molecule has 0 aliphatic heterocycles. The summed E-state index contributed by atoms with van der Waals surface area (Å²) in [6.07, 6.45) is 20.7. The van der Waals surface area contributed by atoms with Crippen LogP contribution in [0.25, 0.3) is 0 Å². The first-order valence-corrected chi connectivity index (χ1v) is 16.5. The molecule has 0 saturated carbocycles. The van der Waals surface area contributed by atoms with Crippen molar-refractivity contribution in [3.63, 3.8) is 0 Å². The van der Waals surface area contributed by atoms with Crippen LogP contribution in [0.15, 0.2) is 0 Å². The summed E-state index contributed by atoms with van der Waals surface area (Å²) in [6, 6.07) is 0. The molecule has 0 radical (unpaired) electrons. The lowest BCUT2D eigenvalue weighted by molar-refractivity contribution is 0.398. The summed E-state index contributed by atoms with van der Waals surface area (Å²) in [5.41, 5.74) is 0. The molecule has 0 aromatic heterocycles. The van der Waals surface area contributed by atoms with Crippen LogP contribution in [0.1, 0.15) is 130 Å². The van der Waals surface area contributed by atoms with Gasteiger partial charge in [0.1, 0.15) is 8.64 Å². The highest BCUT2D eigenvalue weighted by atomic mass is 33.1. The van der Waals surface area contributed by atoms with E-state index in [1.165, 1.54) is 103 Å². The Balaban J connectivity index is 4.64. The molecule has 0 aliphatic rings. The van der Waals surface area contributed by atoms with Gasteiger partial charge in [0.25, 0.3) is 0 Å². The summed E-state index contributed by atoms with van der Waals surface area (Å²) in [5, 5.41) is 0. The molecule has 0 spiro atoms. The zero-order valence-corrected chi connectivity index (χ0v) is 24.9. The van der Waals surface area contributed by atoms with Crippen molar-refractivity contribution in [1.82, 2.24) is 9.80 Å². The van der Waals surface area contributed by atoms with Crippen molar-refractivity contribution in [2.75, 3.05) is 26.2 Å². The molecule has 0 bridgehead atoms. The van der Waals surface area contributed by atoms with Gasteiger partial charge >= 0.3 is 0 Å². The Kier molecular flexibility index (Phi) is 25.0. The normalized spacial score (nSPS) is 11.0. The lowest BCUT2D eigenvalue weighted by atomic mass is 10.2. The molecule has 0 fully saturated rings. The lowest BCUT2D eigenvalue weighted by Crippen LogP contribution is -2.31. The van der Waals surface area contributed by atoms with Crippen molar-refractivity contribution in [3.8, 4) is 0 Å². The van der Waals surface area contributed by atoms with Gasteiger partial charge in [0.15, 0.2) is 0 Å². The van der Waals surface area contributed by atoms with Crippen LogP contribution in [0, 0.1) is 0 Å². The van der Waals surface area contributed by atoms with Crippen molar-refractivity contribution in [2.24, 2.45) is 0 Å². The van der Waals surface area contributed by atoms with Crippen molar-refractivity contribution >= 4 is 54.7 Å². The molecule has 0 N–H and O–H groups in total. The fourth-order valence-corrected chi connectivity index (χ4v) is 6.44. The second-order valence-electron chi connectivity index (χ2n) is 8.92. The Morgan fingerprint density at radius 2 is 0.688 bits per heavy atom. The molecular weight excluding hydrogens is 469 g/mol. The molecule has 0 aromatic rings. The second-order valence-corrected chi connectivity index (χ2v) is 12.3. The van der Waals surface area contributed by atoms with E-state index in [0.717, 1.165) is 34.8 Å². The fraction of sp³-hybridized carbons (Fsp3) is 0.923. The molecule has 0 aliphatic carbocycles. The summed E-state index contributed by atoms with van der Waals surface area (Å²) in [4.78, 5) is 4.90. The van der Waals surface area contributed by atoms with E-state index in [1.54, 1.807) is 21.6 Å². The molecule has 0 unspecified atom stereocenters. The summed E-state index contributed by atoms with van der Waals surface area (Å²) in [6.45, 7) is 13.5. The predicted octanol–water partition coefficient (Wildman–Crippen LogP) is 9.86. The zero-order chi connectivity index (χ0) is 23.9. The molecule has 0 saturated heterocycles. The molecule has 32 heavy (non-hydrogen) atoms. The van der Waals surface area contributed by atoms with Crippen molar-refractivity contribution in [1.29, 1.82) is 0 Å². The van der Waals surface area contributed by atoms with Crippen LogP contribution in [0.3, 0.4) is 0 Å². The van der Waals surface area contributed by atoms with Gasteiger partial charge in [-0.05, 0) is 47.3 Å². The molecule has 0 amide bonds. The number of unbranched alkanes of at least 4 members (excludes halogenated alkanes) is 12. The van der Waals surface area contributed by atoms with E-state index < -0.39 is 0 Å². The van der Waals surface area contributed by atoms with Gasteiger partial charge in [0, 0.05) is 26.2 Å². The standard InChI is InChI=1S/C26H52N2S4/c1-5-9-13-17-21-27(22-18-14-10-6-2)25(29)31-32-26(30)28(23-19-15-11-7-3)24-20-16-12-8-4/h5-24H2,1-4H3. The van der Waals surface area contributed by atoms with Crippen molar-refractivity contribution in [2.45, 2.75) is 130 Å². The minimum absolute atomic E-state index is 1.03. The maximum atomic E-state index is 5.87. The highest BCUT2D eigenvalue weighted by molar-refractivity contribution is 8.89. The summed E-state index contributed by atoms with van der Waals surface area (Å²) in [5.74, 6) is 0. The SMILES string of the molecule is CCCCCCN(CCCCCC)C(=S)SSC(=S)N(CCCCCC)CCCCCC. The first kappa shape index (κ1) is 32.5. The molecule has 0 aromatic carbocycles. The smallest absolute Gasteiger partial charge is 0.147 e. The topological polar surface area (TPSA) is 6.48 Å². The van der Waals surface area contributed by atoms with E-state index in [-0.39, 0.29) is 0 Å². The van der Waals surface area contributed by atoms with Crippen LogP contribution in [-0.4, -0.2) is 44.6 Å². The highest BCUT2D eigenvalue weighted by Gasteiger charge is 2.15. The number of nitrogens with zero attached hydrogens (tertiary/aromatic N) is 2. The number of hydrogen-bond donors (Lipinski definition) is 0. The van der Waals surface area contributed by atoms with E-state index in [2.05, 4.69) is 37.5 Å². The third-order valence-electron chi connectivity index (χ3n) is 5.83. The first-order chi connectivity index (χ1) is 15.6. The minimum atomic E-state index is 1.03. The van der Waals surface area contributed by atoms with Gasteiger partial charge in [-0.15, -0.1) is 0 Å². The number of hydrogen-bond acceptors (Lipinski definition) is 4. The van der Waals surface area contributed by atoms with E-state index >= 15 is 0 Å². The van der Waals surface area contributed by atoms with Crippen LogP contribution in [-0.2, 0) is 0 Å². The van der Waals surface area contributed by atoms with Gasteiger partial charge in [0.05, 0.1) is 0 Å². The Labute approximate surface area is 220 Å². The molecular formula is C26H52N2S4. The van der Waals surface area contributed by atoms with Gasteiger partial charge in [-0.2, -0.15) is 0 Å². The van der Waals surface area contributed by atoms with Crippen LogP contribution in [0.2, 0.25) is 0 Å². The van der Waals surface area contributed by atoms with Gasteiger partial charge in [-0.3, -0.25) is 0 Å². The monoisotopic (exact) mass is 520 g/mol. The Morgan fingerprint density at radius 3 is 0.906 bits per heavy atom. The summed E-state index contributed by atoms with van der Waals surface area (Å²) < 4.78 is 2.06. The maximum Gasteiger partial charge on any atom is 0.147 e. The molecule has 0 rings (SSSR count).